The van der Waals surface area contributed by atoms with Crippen molar-refractivity contribution >= 4 is 32.6 Å². The Bertz CT molecular complexity index is 964. The van der Waals surface area contributed by atoms with Crippen LogP contribution in [0.15, 0.2) is 36.4 Å². The van der Waals surface area contributed by atoms with Crippen LogP contribution in [0.3, 0.4) is 0 Å². The number of rotatable bonds is 5. The van der Waals surface area contributed by atoms with E-state index in [0.717, 1.165) is 10.2 Å². The number of likely N-dealkylation sites (N-methyl/N-ethyl adjacent to an activating group) is 1. The Labute approximate surface area is 159 Å². The summed E-state index contributed by atoms with van der Waals surface area (Å²) in [6, 6.07) is 9.65. The molecule has 27 heavy (non-hydrogen) atoms. The molecule has 2 heterocycles. The molecule has 4 rings (SSSR count). The number of amides is 1. The minimum absolute atomic E-state index is 0.0321. The van der Waals surface area contributed by atoms with E-state index in [1.54, 1.807) is 18.2 Å². The predicted molar refractivity (Wildman–Crippen MR) is 102 cm³/mol. The van der Waals surface area contributed by atoms with E-state index < -0.39 is 11.7 Å². The van der Waals surface area contributed by atoms with Crippen LogP contribution in [0.25, 0.3) is 10.2 Å². The molecule has 1 aliphatic heterocycles. The highest BCUT2D eigenvalue weighted by atomic mass is 32.1. The lowest BCUT2D eigenvalue weighted by molar-refractivity contribution is 0.0981. The van der Waals surface area contributed by atoms with Crippen LogP contribution in [0, 0.1) is 5.82 Å². The normalized spacial score (nSPS) is 12.7. The van der Waals surface area contributed by atoms with E-state index in [2.05, 4.69) is 4.98 Å². The lowest BCUT2D eigenvalue weighted by atomic mass is 10.2. The molecule has 0 spiro atoms. The van der Waals surface area contributed by atoms with Gasteiger partial charge in [0.05, 0.1) is 15.8 Å². The molecule has 0 unspecified atom stereocenters. The molecule has 1 amide bonds. The Balaban J connectivity index is 1.73. The molecule has 1 aliphatic rings. The Hall–Kier alpha value is -2.71. The van der Waals surface area contributed by atoms with Gasteiger partial charge in [0.25, 0.3) is 5.91 Å². The second-order valence-corrected chi connectivity index (χ2v) is 7.42. The van der Waals surface area contributed by atoms with Crippen molar-refractivity contribution in [1.29, 1.82) is 0 Å². The number of aromatic nitrogens is 1. The van der Waals surface area contributed by atoms with Gasteiger partial charge in [-0.3, -0.25) is 9.69 Å². The van der Waals surface area contributed by atoms with Gasteiger partial charge >= 0.3 is 0 Å². The molecule has 0 saturated carbocycles. The number of carbonyl (C=O) groups excluding carboxylic acids is 1. The van der Waals surface area contributed by atoms with Gasteiger partial charge in [-0.15, -0.1) is 0 Å². The largest absolute Gasteiger partial charge is 0.454 e. The maximum absolute atomic E-state index is 14.2. The highest BCUT2D eigenvalue weighted by Crippen LogP contribution is 2.40. The minimum atomic E-state index is -0.542. The van der Waals surface area contributed by atoms with Crippen molar-refractivity contribution in [3.8, 4) is 11.5 Å². The van der Waals surface area contributed by atoms with Crippen molar-refractivity contribution in [1.82, 2.24) is 9.88 Å². The third kappa shape index (κ3) is 3.45. The molecule has 2 aromatic carbocycles. The smallest absolute Gasteiger partial charge is 0.263 e. The molecular weight excluding hydrogens is 369 g/mol. The Kier molecular flexibility index (Phi) is 4.67. The van der Waals surface area contributed by atoms with Gasteiger partial charge in [-0.05, 0) is 26.2 Å². The molecule has 6 nitrogen and oxygen atoms in total. The summed E-state index contributed by atoms with van der Waals surface area (Å²) in [5, 5.41) is 0.517. The van der Waals surface area contributed by atoms with E-state index in [-0.39, 0.29) is 12.4 Å². The topological polar surface area (TPSA) is 54.9 Å². The minimum Gasteiger partial charge on any atom is -0.454 e. The number of benzene rings is 2. The average molecular weight is 387 g/mol. The zero-order valence-electron chi connectivity index (χ0n) is 14.9. The number of anilines is 1. The van der Waals surface area contributed by atoms with Gasteiger partial charge in [0.15, 0.2) is 16.6 Å². The first-order valence-electron chi connectivity index (χ1n) is 8.44. The van der Waals surface area contributed by atoms with Crippen LogP contribution in [0.4, 0.5) is 9.52 Å². The monoisotopic (exact) mass is 387 g/mol. The fourth-order valence-corrected chi connectivity index (χ4v) is 3.79. The summed E-state index contributed by atoms with van der Waals surface area (Å²) in [6.07, 6.45) is 0. The maximum atomic E-state index is 14.2. The van der Waals surface area contributed by atoms with Gasteiger partial charge in [0.1, 0.15) is 5.82 Å². The zero-order chi connectivity index (χ0) is 19.0. The van der Waals surface area contributed by atoms with E-state index >= 15 is 0 Å². The second kappa shape index (κ2) is 7.13. The van der Waals surface area contributed by atoms with Crippen molar-refractivity contribution in [2.75, 3.05) is 38.9 Å². The summed E-state index contributed by atoms with van der Waals surface area (Å²) in [5.74, 6) is 0.353. The van der Waals surface area contributed by atoms with Gasteiger partial charge in [0, 0.05) is 25.2 Å². The van der Waals surface area contributed by atoms with Crippen LogP contribution in [-0.4, -0.2) is 49.8 Å². The summed E-state index contributed by atoms with van der Waals surface area (Å²) < 4.78 is 25.9. The number of carbonyl (C=O) groups is 1. The van der Waals surface area contributed by atoms with Crippen molar-refractivity contribution in [2.24, 2.45) is 0 Å². The lowest BCUT2D eigenvalue weighted by Gasteiger charge is -2.22. The number of nitrogens with zero attached hydrogens (tertiary/aromatic N) is 3. The van der Waals surface area contributed by atoms with Crippen molar-refractivity contribution in [3.05, 3.63) is 47.8 Å². The van der Waals surface area contributed by atoms with E-state index in [1.807, 2.05) is 25.1 Å². The summed E-state index contributed by atoms with van der Waals surface area (Å²) in [6.45, 7) is 1.21. The van der Waals surface area contributed by atoms with Crippen LogP contribution in [-0.2, 0) is 0 Å². The van der Waals surface area contributed by atoms with E-state index in [1.165, 1.54) is 28.4 Å². The predicted octanol–water partition coefficient (Wildman–Crippen LogP) is 3.37. The average Bonchev–Trinajstić information content (AvgIpc) is 3.25. The molecule has 1 aromatic heterocycles. The molecule has 0 bridgehead atoms. The number of hydrogen-bond acceptors (Lipinski definition) is 6. The number of halogens is 1. The lowest BCUT2D eigenvalue weighted by Crippen LogP contribution is -2.37. The molecule has 0 saturated heterocycles. The molecule has 0 fully saturated rings. The highest BCUT2D eigenvalue weighted by Gasteiger charge is 2.25. The summed E-state index contributed by atoms with van der Waals surface area (Å²) in [5.41, 5.74) is 0.750. The SMILES string of the molecule is CN(C)CCN(C(=O)c1ccccc1F)c1nc2cc3c(cc2s1)OCO3. The zero-order valence-corrected chi connectivity index (χ0v) is 15.8. The molecule has 0 atom stereocenters. The summed E-state index contributed by atoms with van der Waals surface area (Å²) in [4.78, 5) is 21.1. The summed E-state index contributed by atoms with van der Waals surface area (Å²) >= 11 is 1.37. The fraction of sp³-hybridized carbons (Fsp3) is 0.263. The molecule has 140 valence electrons. The Morgan fingerprint density at radius 3 is 2.67 bits per heavy atom. The van der Waals surface area contributed by atoms with E-state index in [4.69, 9.17) is 9.47 Å². The van der Waals surface area contributed by atoms with Gasteiger partial charge < -0.3 is 14.4 Å². The standard InChI is InChI=1S/C19H18FN3O3S/c1-22(2)7-8-23(18(24)12-5-3-4-6-13(12)20)19-21-14-9-15-16(26-11-25-15)10-17(14)27-19/h3-6,9-10H,7-8,11H2,1-2H3. The third-order valence-corrected chi connectivity index (χ3v) is 5.26. The van der Waals surface area contributed by atoms with E-state index in [0.29, 0.717) is 29.7 Å². The van der Waals surface area contributed by atoms with Gasteiger partial charge in [-0.25, -0.2) is 9.37 Å². The van der Waals surface area contributed by atoms with Gasteiger partial charge in [-0.1, -0.05) is 23.5 Å². The highest BCUT2D eigenvalue weighted by molar-refractivity contribution is 7.22. The van der Waals surface area contributed by atoms with Gasteiger partial charge in [-0.2, -0.15) is 0 Å². The van der Waals surface area contributed by atoms with Crippen LogP contribution < -0.4 is 14.4 Å². The van der Waals surface area contributed by atoms with Crippen molar-refractivity contribution < 1.29 is 18.7 Å². The molecule has 0 radical (unpaired) electrons. The Morgan fingerprint density at radius 1 is 1.19 bits per heavy atom. The summed E-state index contributed by atoms with van der Waals surface area (Å²) in [7, 11) is 3.84. The third-order valence-electron chi connectivity index (χ3n) is 4.22. The van der Waals surface area contributed by atoms with Crippen LogP contribution in [0.1, 0.15) is 10.4 Å². The van der Waals surface area contributed by atoms with Crippen molar-refractivity contribution in [2.45, 2.75) is 0 Å². The van der Waals surface area contributed by atoms with E-state index in [9.17, 15) is 9.18 Å². The van der Waals surface area contributed by atoms with Crippen LogP contribution >= 0.6 is 11.3 Å². The van der Waals surface area contributed by atoms with Crippen LogP contribution in [0.5, 0.6) is 11.5 Å². The molecular formula is C19H18FN3O3S. The first kappa shape index (κ1) is 17.7. The molecule has 3 aromatic rings. The fourth-order valence-electron chi connectivity index (χ4n) is 2.79. The molecule has 8 heteroatoms. The quantitative estimate of drug-likeness (QED) is 0.672. The number of thiazole rings is 1. The maximum Gasteiger partial charge on any atom is 0.263 e. The Morgan fingerprint density at radius 2 is 1.93 bits per heavy atom. The molecule has 0 N–H and O–H groups in total. The first-order chi connectivity index (χ1) is 13.0. The van der Waals surface area contributed by atoms with Crippen molar-refractivity contribution in [3.63, 3.8) is 0 Å². The molecule has 0 aliphatic carbocycles. The number of ether oxygens (including phenoxy) is 2. The second-order valence-electron chi connectivity index (χ2n) is 6.41. The first-order valence-corrected chi connectivity index (χ1v) is 9.26. The van der Waals surface area contributed by atoms with Gasteiger partial charge in [0.2, 0.25) is 6.79 Å². The number of fused-ring (bicyclic) bond motifs is 2. The van der Waals surface area contributed by atoms with Crippen LogP contribution in [0.2, 0.25) is 0 Å². The number of hydrogen-bond donors (Lipinski definition) is 0.